The highest BCUT2D eigenvalue weighted by molar-refractivity contribution is 7.47. The maximum Gasteiger partial charge on any atom is 0.472 e. The van der Waals surface area contributed by atoms with E-state index in [0.717, 1.165) is 96.3 Å². The minimum absolute atomic E-state index is 0.000957. The Morgan fingerprint density at radius 1 is 0.559 bits per heavy atom. The Labute approximate surface area is 359 Å². The monoisotopic (exact) mass is 850 g/mol. The highest BCUT2D eigenvalue weighted by Crippen LogP contribution is 2.43. The molecule has 0 bridgehead atoms. The molecule has 0 aliphatic heterocycles. The second-order valence-corrected chi connectivity index (χ2v) is 16.6. The van der Waals surface area contributed by atoms with E-state index in [2.05, 4.69) is 86.8 Å². The third-order valence-electron chi connectivity index (χ3n) is 9.47. The van der Waals surface area contributed by atoms with Crippen molar-refractivity contribution in [1.82, 2.24) is 0 Å². The Hall–Kier alpha value is -2.59. The number of carbonyl (C=O) groups excluding carboxylic acids is 1. The van der Waals surface area contributed by atoms with Gasteiger partial charge in [0.15, 0.2) is 0 Å². The van der Waals surface area contributed by atoms with Gasteiger partial charge in [0, 0.05) is 13.0 Å². The number of rotatable bonds is 43. The molecule has 0 aliphatic carbocycles. The number of hydrogen-bond donors (Lipinski definition) is 3. The van der Waals surface area contributed by atoms with E-state index < -0.39 is 45.1 Å². The Morgan fingerprint density at radius 3 is 1.47 bits per heavy atom. The lowest BCUT2D eigenvalue weighted by Gasteiger charge is -2.20. The molecule has 0 spiro atoms. The van der Waals surface area contributed by atoms with Crippen molar-refractivity contribution in [3.05, 3.63) is 72.9 Å². The summed E-state index contributed by atoms with van der Waals surface area (Å²) in [6.45, 7) is 3.69. The molecule has 4 N–H and O–H groups in total. The van der Waals surface area contributed by atoms with Gasteiger partial charge in [-0.25, -0.2) is 4.57 Å². The maximum absolute atomic E-state index is 12.7. The zero-order chi connectivity index (χ0) is 43.3. The molecule has 0 rings (SSSR count). The van der Waals surface area contributed by atoms with E-state index in [-0.39, 0.29) is 13.0 Å². The summed E-state index contributed by atoms with van der Waals surface area (Å²) in [5.41, 5.74) is 5.36. The first-order valence-corrected chi connectivity index (χ1v) is 24.5. The van der Waals surface area contributed by atoms with Gasteiger partial charge < -0.3 is 25.2 Å². The average molecular weight is 850 g/mol. The van der Waals surface area contributed by atoms with Crippen LogP contribution in [0.15, 0.2) is 72.9 Å². The van der Waals surface area contributed by atoms with Gasteiger partial charge in [-0.05, 0) is 83.5 Å². The van der Waals surface area contributed by atoms with Gasteiger partial charge in [0.2, 0.25) is 0 Å². The number of nitrogens with two attached hydrogens (primary N) is 1. The van der Waals surface area contributed by atoms with E-state index in [1.807, 2.05) is 0 Å². The van der Waals surface area contributed by atoms with Crippen molar-refractivity contribution in [1.29, 1.82) is 0 Å². The molecular weight excluding hydrogens is 765 g/mol. The predicted octanol–water partition coefficient (Wildman–Crippen LogP) is 13.0. The van der Waals surface area contributed by atoms with E-state index in [1.54, 1.807) is 0 Å². The van der Waals surface area contributed by atoms with E-state index in [4.69, 9.17) is 29.4 Å². The third-order valence-corrected chi connectivity index (χ3v) is 10.4. The summed E-state index contributed by atoms with van der Waals surface area (Å²) < 4.78 is 33.4. The molecule has 0 heterocycles. The van der Waals surface area contributed by atoms with E-state index in [9.17, 15) is 19.0 Å². The van der Waals surface area contributed by atoms with Crippen LogP contribution in [0.5, 0.6) is 0 Å². The molecule has 3 unspecified atom stereocenters. The number of carboxylic acid groups (broad SMARTS) is 1. The first-order valence-electron chi connectivity index (χ1n) is 23.0. The van der Waals surface area contributed by atoms with Gasteiger partial charge in [-0.1, -0.05) is 164 Å². The topological polar surface area (TPSA) is 155 Å². The van der Waals surface area contributed by atoms with E-state index >= 15 is 0 Å². The lowest BCUT2D eigenvalue weighted by molar-refractivity contribution is -0.154. The smallest absolute Gasteiger partial charge is 0.472 e. The summed E-state index contributed by atoms with van der Waals surface area (Å²) >= 11 is 0. The molecule has 0 aromatic heterocycles. The van der Waals surface area contributed by atoms with Crippen molar-refractivity contribution in [3.8, 4) is 0 Å². The number of unbranched alkanes of at least 4 members (excludes halogenated alkanes) is 17. The summed E-state index contributed by atoms with van der Waals surface area (Å²) in [4.78, 5) is 33.6. The number of carboxylic acids is 1. The molecule has 59 heavy (non-hydrogen) atoms. The van der Waals surface area contributed by atoms with Crippen molar-refractivity contribution < 1.29 is 42.7 Å². The molecule has 11 heteroatoms. The summed E-state index contributed by atoms with van der Waals surface area (Å²) in [7, 11) is -4.63. The van der Waals surface area contributed by atoms with Crippen LogP contribution in [-0.2, 0) is 32.7 Å². The molecule has 340 valence electrons. The van der Waals surface area contributed by atoms with Crippen LogP contribution in [0, 0.1) is 0 Å². The second-order valence-electron chi connectivity index (χ2n) is 15.1. The number of esters is 1. The van der Waals surface area contributed by atoms with Crippen LogP contribution < -0.4 is 5.73 Å². The average Bonchev–Trinajstić information content (AvgIpc) is 3.21. The summed E-state index contributed by atoms with van der Waals surface area (Å²) in [5.74, 6) is -1.80. The lowest BCUT2D eigenvalue weighted by Crippen LogP contribution is -2.34. The predicted molar refractivity (Wildman–Crippen MR) is 244 cm³/mol. The zero-order valence-electron chi connectivity index (χ0n) is 37.1. The lowest BCUT2D eigenvalue weighted by atomic mass is 10.1. The zero-order valence-corrected chi connectivity index (χ0v) is 38.0. The van der Waals surface area contributed by atoms with Crippen LogP contribution in [0.3, 0.4) is 0 Å². The number of phosphoric ester groups is 1. The van der Waals surface area contributed by atoms with Crippen LogP contribution >= 0.6 is 7.82 Å². The molecule has 0 radical (unpaired) electrons. The summed E-state index contributed by atoms with van der Waals surface area (Å²) in [6, 6.07) is -1.48. The fourth-order valence-electron chi connectivity index (χ4n) is 5.92. The van der Waals surface area contributed by atoms with Gasteiger partial charge in [0.05, 0.1) is 19.8 Å². The van der Waals surface area contributed by atoms with E-state index in [1.165, 1.54) is 57.8 Å². The Bertz CT molecular complexity index is 1210. The Kier molecular flexibility index (Phi) is 41.6. The minimum atomic E-state index is -4.63. The Balaban J connectivity index is 4.26. The standard InChI is InChI=1S/C48H84NO9P/c1-3-5-7-9-11-13-15-17-19-21-23-24-26-28-30-32-34-36-38-40-47(50)58-45(43-56-59(53,54)57-44-46(49)48(51)52)42-55-41-39-37-35-33-31-29-27-25-22-20-18-16-14-12-10-8-6-4-2/h6,8,11-14,17-20,25,27,45-46H,3-5,7,9-10,15-16,21-24,26,28-44,49H2,1-2H3,(H,51,52)(H,53,54)/b8-6-,13-11-,14-12-,19-17-,20-18-,27-25-. The third kappa shape index (κ3) is 43.3. The minimum Gasteiger partial charge on any atom is -0.480 e. The number of phosphoric acid groups is 1. The second kappa shape index (κ2) is 43.5. The highest BCUT2D eigenvalue weighted by Gasteiger charge is 2.27. The number of aliphatic carboxylic acids is 1. The molecule has 3 atom stereocenters. The normalized spacial score (nSPS) is 14.5. The molecule has 0 fully saturated rings. The van der Waals surface area contributed by atoms with E-state index in [0.29, 0.717) is 13.0 Å². The quantitative estimate of drug-likeness (QED) is 0.0234. The van der Waals surface area contributed by atoms with Crippen LogP contribution in [0.1, 0.15) is 181 Å². The van der Waals surface area contributed by atoms with Crippen LogP contribution in [0.4, 0.5) is 0 Å². The molecule has 0 aliphatic rings. The van der Waals surface area contributed by atoms with Gasteiger partial charge in [-0.15, -0.1) is 0 Å². The van der Waals surface area contributed by atoms with Crippen LogP contribution in [0.25, 0.3) is 0 Å². The van der Waals surface area contributed by atoms with Gasteiger partial charge in [0.1, 0.15) is 12.1 Å². The highest BCUT2D eigenvalue weighted by atomic mass is 31.2. The van der Waals surface area contributed by atoms with Crippen LogP contribution in [-0.4, -0.2) is 60.5 Å². The van der Waals surface area contributed by atoms with Crippen molar-refractivity contribution in [2.75, 3.05) is 26.4 Å². The summed E-state index contributed by atoms with van der Waals surface area (Å²) in [5, 5.41) is 8.91. The molecule has 0 aromatic carbocycles. The first kappa shape index (κ1) is 56.4. The molecular formula is C48H84NO9P. The van der Waals surface area contributed by atoms with Crippen molar-refractivity contribution in [3.63, 3.8) is 0 Å². The maximum atomic E-state index is 12.7. The number of ether oxygens (including phenoxy) is 2. The number of allylic oxidation sites excluding steroid dienone is 12. The largest absolute Gasteiger partial charge is 0.480 e. The first-order chi connectivity index (χ1) is 28.7. The molecule has 0 saturated carbocycles. The molecule has 10 nitrogen and oxygen atoms in total. The van der Waals surface area contributed by atoms with Crippen molar-refractivity contribution in [2.24, 2.45) is 5.73 Å². The number of hydrogen-bond acceptors (Lipinski definition) is 8. The van der Waals surface area contributed by atoms with Crippen LogP contribution in [0.2, 0.25) is 0 Å². The van der Waals surface area contributed by atoms with Gasteiger partial charge in [-0.2, -0.15) is 0 Å². The number of carbonyl (C=O) groups is 2. The molecule has 0 amide bonds. The summed E-state index contributed by atoms with van der Waals surface area (Å²) in [6.07, 6.45) is 53.8. The van der Waals surface area contributed by atoms with Gasteiger partial charge >= 0.3 is 19.8 Å². The Morgan fingerprint density at radius 2 is 0.983 bits per heavy atom. The van der Waals surface area contributed by atoms with Gasteiger partial charge in [-0.3, -0.25) is 18.6 Å². The fourth-order valence-corrected chi connectivity index (χ4v) is 6.70. The van der Waals surface area contributed by atoms with Crippen molar-refractivity contribution in [2.45, 2.75) is 193 Å². The fraction of sp³-hybridized carbons (Fsp3) is 0.708. The SMILES string of the molecule is CC/C=C\C/C=C\C/C=C\C/C=C\CCCCCCCOCC(COP(=O)(O)OCC(N)C(=O)O)OC(=O)CCCCCCCCCCC/C=C\C/C=C\CCCCC. The van der Waals surface area contributed by atoms with Gasteiger partial charge in [0.25, 0.3) is 0 Å². The van der Waals surface area contributed by atoms with Crippen molar-refractivity contribution >= 4 is 19.8 Å². The molecule has 0 saturated heterocycles. The molecule has 0 aromatic rings.